The first-order valence-corrected chi connectivity index (χ1v) is 6.96. The van der Waals surface area contributed by atoms with Gasteiger partial charge in [-0.05, 0) is 12.0 Å². The molecule has 1 N–H and O–H groups in total. The van der Waals surface area contributed by atoms with Crippen LogP contribution in [0.5, 0.6) is 0 Å². The molecular weight excluding hydrogens is 256 g/mol. The summed E-state index contributed by atoms with van der Waals surface area (Å²) in [5.41, 5.74) is 0.938. The van der Waals surface area contributed by atoms with Gasteiger partial charge >= 0.3 is 12.0 Å². The number of benzene rings is 1. The van der Waals surface area contributed by atoms with Crippen LogP contribution in [0.1, 0.15) is 25.3 Å². The van der Waals surface area contributed by atoms with Gasteiger partial charge in [-0.15, -0.1) is 0 Å². The predicted molar refractivity (Wildman–Crippen MR) is 75.0 cm³/mol. The van der Waals surface area contributed by atoms with E-state index in [0.29, 0.717) is 13.1 Å². The number of carbonyl (C=O) groups is 2. The van der Waals surface area contributed by atoms with Crippen LogP contribution in [-0.4, -0.2) is 36.0 Å². The van der Waals surface area contributed by atoms with Gasteiger partial charge in [0.15, 0.2) is 0 Å². The van der Waals surface area contributed by atoms with Crippen LogP contribution in [0.4, 0.5) is 4.79 Å². The highest BCUT2D eigenvalue weighted by molar-refractivity contribution is 5.87. The zero-order valence-electron chi connectivity index (χ0n) is 11.7. The summed E-state index contributed by atoms with van der Waals surface area (Å²) in [5, 5.41) is 2.66. The Morgan fingerprint density at radius 1 is 1.40 bits per heavy atom. The number of ether oxygens (including phenoxy) is 1. The number of hydrogen-bond acceptors (Lipinski definition) is 3. The lowest BCUT2D eigenvalue weighted by Gasteiger charge is -2.13. The highest BCUT2D eigenvalue weighted by atomic mass is 16.5. The van der Waals surface area contributed by atoms with Gasteiger partial charge in [0.2, 0.25) is 0 Å². The second-order valence-corrected chi connectivity index (χ2v) is 4.89. The van der Waals surface area contributed by atoms with Crippen molar-refractivity contribution in [3.63, 3.8) is 0 Å². The third kappa shape index (κ3) is 3.73. The second kappa shape index (κ2) is 6.93. The molecule has 0 unspecified atom stereocenters. The number of unbranched alkanes of at least 4 members (excludes halogenated alkanes) is 1. The molecule has 108 valence electrons. The Balaban J connectivity index is 1.80. The van der Waals surface area contributed by atoms with Crippen LogP contribution in [0.2, 0.25) is 0 Å². The highest BCUT2D eigenvalue weighted by Gasteiger charge is 2.33. The van der Waals surface area contributed by atoms with Gasteiger partial charge in [0, 0.05) is 6.54 Å². The average molecular weight is 276 g/mol. The van der Waals surface area contributed by atoms with Crippen LogP contribution in [0.15, 0.2) is 30.3 Å². The van der Waals surface area contributed by atoms with Crippen LogP contribution in [0, 0.1) is 0 Å². The van der Waals surface area contributed by atoms with Gasteiger partial charge < -0.3 is 15.0 Å². The van der Waals surface area contributed by atoms with Crippen molar-refractivity contribution in [3.05, 3.63) is 35.9 Å². The smallest absolute Gasteiger partial charge is 0.330 e. The molecule has 5 heteroatoms. The molecule has 20 heavy (non-hydrogen) atoms. The first kappa shape index (κ1) is 14.4. The van der Waals surface area contributed by atoms with Gasteiger partial charge in [0.1, 0.15) is 12.6 Å². The standard InChI is InChI=1S/C15H20N2O3/c1-2-3-9-17-10-13(16-15(17)19)14(18)20-11-12-7-5-4-6-8-12/h4-8,13H,2-3,9-11H2,1H3,(H,16,19)/t13-/m0/s1. The number of hydrogen-bond donors (Lipinski definition) is 1. The number of esters is 1. The van der Waals surface area contributed by atoms with Crippen LogP contribution in [0.3, 0.4) is 0 Å². The van der Waals surface area contributed by atoms with E-state index in [2.05, 4.69) is 12.2 Å². The molecule has 0 bridgehead atoms. The molecule has 5 nitrogen and oxygen atoms in total. The van der Waals surface area contributed by atoms with E-state index in [9.17, 15) is 9.59 Å². The molecule has 0 spiro atoms. The first-order chi connectivity index (χ1) is 9.70. The molecule has 0 aromatic heterocycles. The van der Waals surface area contributed by atoms with E-state index in [1.807, 2.05) is 30.3 Å². The zero-order chi connectivity index (χ0) is 14.4. The molecule has 1 saturated heterocycles. The molecule has 0 radical (unpaired) electrons. The molecule has 1 aromatic rings. The topological polar surface area (TPSA) is 58.6 Å². The molecule has 2 rings (SSSR count). The minimum Gasteiger partial charge on any atom is -0.459 e. The molecule has 1 aromatic carbocycles. The molecule has 1 heterocycles. The van der Waals surface area contributed by atoms with E-state index in [0.717, 1.165) is 18.4 Å². The fraction of sp³-hybridized carbons (Fsp3) is 0.467. The summed E-state index contributed by atoms with van der Waals surface area (Å²) in [6, 6.07) is 8.76. The first-order valence-electron chi connectivity index (χ1n) is 6.96. The molecule has 1 atom stereocenters. The molecule has 0 aliphatic carbocycles. The van der Waals surface area contributed by atoms with E-state index in [1.54, 1.807) is 4.90 Å². The molecular formula is C15H20N2O3. The number of nitrogens with zero attached hydrogens (tertiary/aromatic N) is 1. The maximum atomic E-state index is 11.9. The fourth-order valence-electron chi connectivity index (χ4n) is 2.09. The predicted octanol–water partition coefficient (Wildman–Crippen LogP) is 1.92. The second-order valence-electron chi connectivity index (χ2n) is 4.89. The van der Waals surface area contributed by atoms with Crippen molar-refractivity contribution in [2.45, 2.75) is 32.4 Å². The lowest BCUT2D eigenvalue weighted by atomic mass is 10.2. The Labute approximate surface area is 118 Å². The maximum Gasteiger partial charge on any atom is 0.330 e. The number of carbonyl (C=O) groups excluding carboxylic acids is 2. The Morgan fingerprint density at radius 2 is 2.15 bits per heavy atom. The summed E-state index contributed by atoms with van der Waals surface area (Å²) in [6.45, 7) is 3.39. The quantitative estimate of drug-likeness (QED) is 0.808. The Kier molecular flexibility index (Phi) is 4.98. The normalized spacial score (nSPS) is 17.9. The van der Waals surface area contributed by atoms with Crippen molar-refractivity contribution in [2.75, 3.05) is 13.1 Å². The summed E-state index contributed by atoms with van der Waals surface area (Å²) in [6.07, 6.45) is 1.96. The minimum atomic E-state index is -0.553. The van der Waals surface area contributed by atoms with E-state index in [1.165, 1.54) is 0 Å². The van der Waals surface area contributed by atoms with Crippen molar-refractivity contribution in [3.8, 4) is 0 Å². The number of urea groups is 1. The third-order valence-corrected chi connectivity index (χ3v) is 3.28. The van der Waals surface area contributed by atoms with Crippen LogP contribution >= 0.6 is 0 Å². The van der Waals surface area contributed by atoms with Gasteiger partial charge in [-0.1, -0.05) is 43.7 Å². The lowest BCUT2D eigenvalue weighted by Crippen LogP contribution is -2.35. The van der Waals surface area contributed by atoms with Gasteiger partial charge in [-0.2, -0.15) is 0 Å². The number of nitrogens with one attached hydrogen (secondary N) is 1. The number of rotatable bonds is 6. The Morgan fingerprint density at radius 3 is 2.85 bits per heavy atom. The summed E-state index contributed by atoms with van der Waals surface area (Å²) < 4.78 is 5.23. The summed E-state index contributed by atoms with van der Waals surface area (Å²) >= 11 is 0. The van der Waals surface area contributed by atoms with Crippen LogP contribution in [-0.2, 0) is 16.1 Å². The molecule has 1 aliphatic heterocycles. The van der Waals surface area contributed by atoms with Gasteiger partial charge in [-0.25, -0.2) is 9.59 Å². The molecule has 1 aliphatic rings. The van der Waals surface area contributed by atoms with Crippen molar-refractivity contribution >= 4 is 12.0 Å². The SMILES string of the molecule is CCCCN1C[C@@H](C(=O)OCc2ccccc2)NC1=O. The minimum absolute atomic E-state index is 0.180. The van der Waals surface area contributed by atoms with E-state index in [4.69, 9.17) is 4.74 Å². The molecule has 1 fully saturated rings. The third-order valence-electron chi connectivity index (χ3n) is 3.28. The maximum absolute atomic E-state index is 11.9. The van der Waals surface area contributed by atoms with E-state index in [-0.39, 0.29) is 18.6 Å². The number of amides is 2. The van der Waals surface area contributed by atoms with Crippen molar-refractivity contribution < 1.29 is 14.3 Å². The van der Waals surface area contributed by atoms with Crippen LogP contribution < -0.4 is 5.32 Å². The van der Waals surface area contributed by atoms with Gasteiger partial charge in [-0.3, -0.25) is 0 Å². The molecule has 0 saturated carbocycles. The summed E-state index contributed by atoms with van der Waals surface area (Å²) in [5.74, 6) is -0.374. The van der Waals surface area contributed by atoms with Gasteiger partial charge in [0.05, 0.1) is 6.54 Å². The summed E-state index contributed by atoms with van der Waals surface area (Å²) in [4.78, 5) is 25.3. The molecule has 2 amide bonds. The fourth-order valence-corrected chi connectivity index (χ4v) is 2.09. The zero-order valence-corrected chi connectivity index (χ0v) is 11.7. The summed E-state index contributed by atoms with van der Waals surface area (Å²) in [7, 11) is 0. The Hall–Kier alpha value is -2.04. The van der Waals surface area contributed by atoms with E-state index < -0.39 is 6.04 Å². The van der Waals surface area contributed by atoms with Crippen molar-refractivity contribution in [1.82, 2.24) is 10.2 Å². The Bertz CT molecular complexity index is 461. The lowest BCUT2D eigenvalue weighted by molar-refractivity contribution is -0.146. The average Bonchev–Trinajstić information content (AvgIpc) is 2.85. The van der Waals surface area contributed by atoms with Crippen molar-refractivity contribution in [2.24, 2.45) is 0 Å². The monoisotopic (exact) mass is 276 g/mol. The van der Waals surface area contributed by atoms with Crippen LogP contribution in [0.25, 0.3) is 0 Å². The van der Waals surface area contributed by atoms with Gasteiger partial charge in [0.25, 0.3) is 0 Å². The largest absolute Gasteiger partial charge is 0.459 e. The highest BCUT2D eigenvalue weighted by Crippen LogP contribution is 2.09. The van der Waals surface area contributed by atoms with E-state index >= 15 is 0 Å². The van der Waals surface area contributed by atoms with Crippen molar-refractivity contribution in [1.29, 1.82) is 0 Å².